The summed E-state index contributed by atoms with van der Waals surface area (Å²) in [5, 5.41) is 7.76. The van der Waals surface area contributed by atoms with Crippen molar-refractivity contribution < 1.29 is 0 Å². The Morgan fingerprint density at radius 2 is 2.00 bits per heavy atom. The minimum Gasteiger partial charge on any atom is -0.350 e. The number of nitrogens with zero attached hydrogens (tertiary/aromatic N) is 2. The van der Waals surface area contributed by atoms with Crippen molar-refractivity contribution in [2.45, 2.75) is 12.8 Å². The molecule has 120 valence electrons. The maximum Gasteiger partial charge on any atom is 0.274 e. The molecule has 0 saturated carbocycles. The number of hydrogen-bond donors (Lipinski definition) is 2. The average molecular weight is 318 g/mol. The van der Waals surface area contributed by atoms with Crippen LogP contribution >= 0.6 is 0 Å². The fraction of sp³-hybridized carbons (Fsp3) is 0.158. The number of rotatable bonds is 3. The average Bonchev–Trinajstić information content (AvgIpc) is 3.27. The molecule has 0 aliphatic carbocycles. The van der Waals surface area contributed by atoms with Crippen molar-refractivity contribution in [1.29, 1.82) is 0 Å². The second kappa shape index (κ2) is 5.53. The molecule has 0 aliphatic rings. The smallest absolute Gasteiger partial charge is 0.274 e. The lowest BCUT2D eigenvalue weighted by Gasteiger charge is -2.15. The molecule has 4 aromatic rings. The Hall–Kier alpha value is -3.08. The minimum absolute atomic E-state index is 0.0243. The lowest BCUT2D eigenvalue weighted by molar-refractivity contribution is 0.829. The Morgan fingerprint density at radius 3 is 2.71 bits per heavy atom. The summed E-state index contributed by atoms with van der Waals surface area (Å²) >= 11 is 0. The molecule has 0 spiro atoms. The number of hydrogen-bond acceptors (Lipinski definition) is 2. The van der Waals surface area contributed by atoms with E-state index >= 15 is 0 Å². The van der Waals surface area contributed by atoms with Crippen molar-refractivity contribution in [3.8, 4) is 11.3 Å². The molecule has 0 amide bonds. The molecule has 3 aromatic heterocycles. The number of pyridine rings is 1. The van der Waals surface area contributed by atoms with Gasteiger partial charge in [0.15, 0.2) is 0 Å². The molecular weight excluding hydrogens is 300 g/mol. The molecule has 5 heteroatoms. The molecule has 1 unspecified atom stereocenters. The SMILES string of the molecule is CC(c1ccccc1)c1cn(C)c(=O)c2[nH]c(-c3cn[nH]c3)cc12. The van der Waals surface area contributed by atoms with Gasteiger partial charge in [-0.3, -0.25) is 9.89 Å². The molecule has 0 bridgehead atoms. The molecule has 1 aromatic carbocycles. The van der Waals surface area contributed by atoms with Crippen LogP contribution in [0, 0.1) is 0 Å². The van der Waals surface area contributed by atoms with E-state index in [1.807, 2.05) is 36.7 Å². The molecule has 5 nitrogen and oxygen atoms in total. The van der Waals surface area contributed by atoms with Crippen LogP contribution in [0.3, 0.4) is 0 Å². The number of H-pyrrole nitrogens is 2. The first-order valence-electron chi connectivity index (χ1n) is 7.91. The molecule has 2 N–H and O–H groups in total. The van der Waals surface area contributed by atoms with Crippen LogP contribution in [0.15, 0.2) is 59.8 Å². The highest BCUT2D eigenvalue weighted by Crippen LogP contribution is 2.31. The van der Waals surface area contributed by atoms with E-state index < -0.39 is 0 Å². The van der Waals surface area contributed by atoms with Gasteiger partial charge in [0, 0.05) is 42.0 Å². The summed E-state index contributed by atoms with van der Waals surface area (Å²) in [5.74, 6) is 0.188. The normalized spacial score (nSPS) is 12.6. The number of aromatic amines is 2. The minimum atomic E-state index is -0.0243. The fourth-order valence-electron chi connectivity index (χ4n) is 3.18. The first kappa shape index (κ1) is 14.5. The van der Waals surface area contributed by atoms with Gasteiger partial charge in [0.05, 0.1) is 6.20 Å². The lowest BCUT2D eigenvalue weighted by atomic mass is 9.92. The summed E-state index contributed by atoms with van der Waals surface area (Å²) in [6, 6.07) is 12.4. The maximum absolute atomic E-state index is 12.5. The molecule has 24 heavy (non-hydrogen) atoms. The third-order valence-electron chi connectivity index (χ3n) is 4.57. The molecule has 0 saturated heterocycles. The number of aryl methyl sites for hydroxylation is 1. The molecular formula is C19H18N4O. The van der Waals surface area contributed by atoms with Gasteiger partial charge in [-0.25, -0.2) is 0 Å². The van der Waals surface area contributed by atoms with E-state index in [1.165, 1.54) is 5.56 Å². The number of nitrogens with one attached hydrogen (secondary N) is 2. The van der Waals surface area contributed by atoms with Gasteiger partial charge in [0.1, 0.15) is 5.52 Å². The van der Waals surface area contributed by atoms with Crippen LogP contribution in [0.25, 0.3) is 22.2 Å². The van der Waals surface area contributed by atoms with Crippen molar-refractivity contribution in [3.05, 3.63) is 76.5 Å². The van der Waals surface area contributed by atoms with E-state index in [1.54, 1.807) is 17.8 Å². The topological polar surface area (TPSA) is 66.5 Å². The van der Waals surface area contributed by atoms with Gasteiger partial charge in [-0.1, -0.05) is 37.3 Å². The second-order valence-corrected chi connectivity index (χ2v) is 6.09. The first-order chi connectivity index (χ1) is 11.6. The number of aromatic nitrogens is 4. The Kier molecular flexibility index (Phi) is 3.34. The van der Waals surface area contributed by atoms with Gasteiger partial charge in [0.2, 0.25) is 0 Å². The van der Waals surface area contributed by atoms with E-state index in [9.17, 15) is 4.79 Å². The predicted molar refractivity (Wildman–Crippen MR) is 95.1 cm³/mol. The van der Waals surface area contributed by atoms with Crippen LogP contribution in [0.4, 0.5) is 0 Å². The van der Waals surface area contributed by atoms with Gasteiger partial charge in [-0.05, 0) is 17.2 Å². The Labute approximate surface area is 139 Å². The Morgan fingerprint density at radius 1 is 1.21 bits per heavy atom. The largest absolute Gasteiger partial charge is 0.350 e. The summed E-state index contributed by atoms with van der Waals surface area (Å²) in [4.78, 5) is 15.8. The van der Waals surface area contributed by atoms with Gasteiger partial charge >= 0.3 is 0 Å². The maximum atomic E-state index is 12.5. The zero-order valence-corrected chi connectivity index (χ0v) is 13.6. The van der Waals surface area contributed by atoms with Gasteiger partial charge in [0.25, 0.3) is 5.56 Å². The van der Waals surface area contributed by atoms with Crippen molar-refractivity contribution in [2.75, 3.05) is 0 Å². The monoisotopic (exact) mass is 318 g/mol. The van der Waals surface area contributed by atoms with Gasteiger partial charge < -0.3 is 9.55 Å². The predicted octanol–water partition coefficient (Wildman–Crippen LogP) is 3.41. The molecule has 0 fully saturated rings. The summed E-state index contributed by atoms with van der Waals surface area (Å²) in [6.45, 7) is 2.17. The highest BCUT2D eigenvalue weighted by molar-refractivity contribution is 5.88. The summed E-state index contributed by atoms with van der Waals surface area (Å²) in [6.07, 6.45) is 5.50. The number of fused-ring (bicyclic) bond motifs is 1. The summed E-state index contributed by atoms with van der Waals surface area (Å²) < 4.78 is 1.65. The van der Waals surface area contributed by atoms with Crippen molar-refractivity contribution in [1.82, 2.24) is 19.7 Å². The van der Waals surface area contributed by atoms with Crippen molar-refractivity contribution >= 4 is 10.9 Å². The standard InChI is InChI=1S/C19H18N4O/c1-12(13-6-4-3-5-7-13)16-11-23(2)19(24)18-15(16)8-17(22-18)14-9-20-21-10-14/h3-12,22H,1-2H3,(H,20,21). The highest BCUT2D eigenvalue weighted by atomic mass is 16.1. The van der Waals surface area contributed by atoms with Crippen LogP contribution in [0.5, 0.6) is 0 Å². The number of benzene rings is 1. The Bertz CT molecular complexity index is 1040. The fourth-order valence-corrected chi connectivity index (χ4v) is 3.18. The van der Waals surface area contributed by atoms with Crippen LogP contribution in [0.1, 0.15) is 24.0 Å². The zero-order valence-electron chi connectivity index (χ0n) is 13.6. The summed E-state index contributed by atoms with van der Waals surface area (Å²) in [7, 11) is 1.79. The molecule has 0 radical (unpaired) electrons. The third kappa shape index (κ3) is 2.25. The molecule has 4 rings (SSSR count). The van der Waals surface area contributed by atoms with Crippen molar-refractivity contribution in [2.24, 2.45) is 7.05 Å². The molecule has 3 heterocycles. The second-order valence-electron chi connectivity index (χ2n) is 6.09. The summed E-state index contributed by atoms with van der Waals surface area (Å²) in [5.41, 5.74) is 4.79. The van der Waals surface area contributed by atoms with Crippen LogP contribution in [-0.4, -0.2) is 19.7 Å². The third-order valence-corrected chi connectivity index (χ3v) is 4.57. The lowest BCUT2D eigenvalue weighted by Crippen LogP contribution is -2.18. The van der Waals surface area contributed by atoms with Crippen LogP contribution in [0.2, 0.25) is 0 Å². The highest BCUT2D eigenvalue weighted by Gasteiger charge is 2.17. The molecule has 1 atom stereocenters. The van der Waals surface area contributed by atoms with E-state index in [0.717, 1.165) is 22.2 Å². The van der Waals surface area contributed by atoms with E-state index in [-0.39, 0.29) is 11.5 Å². The van der Waals surface area contributed by atoms with Crippen LogP contribution < -0.4 is 5.56 Å². The first-order valence-corrected chi connectivity index (χ1v) is 7.91. The Balaban J connectivity index is 1.95. The van der Waals surface area contributed by atoms with Crippen molar-refractivity contribution in [3.63, 3.8) is 0 Å². The van der Waals surface area contributed by atoms with E-state index in [2.05, 4.69) is 34.2 Å². The van der Waals surface area contributed by atoms with E-state index in [0.29, 0.717) is 5.52 Å². The van der Waals surface area contributed by atoms with Gasteiger partial charge in [-0.15, -0.1) is 0 Å². The van der Waals surface area contributed by atoms with Crippen LogP contribution in [-0.2, 0) is 7.05 Å². The zero-order chi connectivity index (χ0) is 16.7. The van der Waals surface area contributed by atoms with E-state index in [4.69, 9.17) is 0 Å². The van der Waals surface area contributed by atoms with Gasteiger partial charge in [-0.2, -0.15) is 5.10 Å². The quantitative estimate of drug-likeness (QED) is 0.608. The molecule has 0 aliphatic heterocycles.